The van der Waals surface area contributed by atoms with Crippen molar-refractivity contribution in [3.8, 4) is 0 Å². The van der Waals surface area contributed by atoms with Crippen molar-refractivity contribution in [2.75, 3.05) is 13.1 Å². The molecule has 146 valence electrons. The standard InChI is InChI=1S/C22H26N4O2/c1-15-11-19-20(12-16(15)2)26(14-23-19)13-17-6-9-25(10-7-17)22(28)18-5-4-8-24(3)21(18)27/h4-5,8,11-12,14,17H,6-7,9-10,13H2,1-3H3. The molecule has 6 heteroatoms. The minimum absolute atomic E-state index is 0.154. The second kappa shape index (κ2) is 7.26. The summed E-state index contributed by atoms with van der Waals surface area (Å²) in [6, 6.07) is 7.72. The quantitative estimate of drug-likeness (QED) is 0.704. The molecule has 1 aromatic carbocycles. The molecule has 0 radical (unpaired) electrons. The van der Waals surface area contributed by atoms with Crippen LogP contribution in [0.15, 0.2) is 41.6 Å². The van der Waals surface area contributed by atoms with Gasteiger partial charge >= 0.3 is 0 Å². The first-order chi connectivity index (χ1) is 13.4. The van der Waals surface area contributed by atoms with Gasteiger partial charge in [0.15, 0.2) is 0 Å². The lowest BCUT2D eigenvalue weighted by Crippen LogP contribution is -2.41. The summed E-state index contributed by atoms with van der Waals surface area (Å²) in [4.78, 5) is 31.3. The van der Waals surface area contributed by atoms with Crippen molar-refractivity contribution in [2.45, 2.75) is 33.2 Å². The lowest BCUT2D eigenvalue weighted by Gasteiger charge is -2.32. The number of benzene rings is 1. The van der Waals surface area contributed by atoms with E-state index in [1.165, 1.54) is 21.2 Å². The van der Waals surface area contributed by atoms with E-state index in [2.05, 4.69) is 35.5 Å². The fraction of sp³-hybridized carbons (Fsp3) is 0.409. The highest BCUT2D eigenvalue weighted by atomic mass is 16.2. The highest BCUT2D eigenvalue weighted by Crippen LogP contribution is 2.24. The molecule has 0 atom stereocenters. The Morgan fingerprint density at radius 2 is 1.89 bits per heavy atom. The summed E-state index contributed by atoms with van der Waals surface area (Å²) in [6.07, 6.45) is 5.46. The fourth-order valence-corrected chi connectivity index (χ4v) is 3.99. The van der Waals surface area contributed by atoms with Crippen molar-refractivity contribution in [3.05, 3.63) is 63.8 Å². The van der Waals surface area contributed by atoms with E-state index in [4.69, 9.17) is 0 Å². The summed E-state index contributed by atoms with van der Waals surface area (Å²) in [5.41, 5.74) is 4.78. The summed E-state index contributed by atoms with van der Waals surface area (Å²) in [6.45, 7) is 6.53. The number of aryl methyl sites for hydroxylation is 3. The van der Waals surface area contributed by atoms with Crippen LogP contribution < -0.4 is 5.56 Å². The first-order valence-electron chi connectivity index (χ1n) is 9.81. The van der Waals surface area contributed by atoms with Gasteiger partial charge in [0, 0.05) is 32.9 Å². The van der Waals surface area contributed by atoms with Gasteiger partial charge in [0.25, 0.3) is 11.5 Å². The third-order valence-electron chi connectivity index (χ3n) is 5.95. The molecule has 0 N–H and O–H groups in total. The van der Waals surface area contributed by atoms with Gasteiger partial charge in [0.1, 0.15) is 5.56 Å². The van der Waals surface area contributed by atoms with E-state index in [-0.39, 0.29) is 17.0 Å². The first-order valence-corrected chi connectivity index (χ1v) is 9.81. The second-order valence-electron chi connectivity index (χ2n) is 7.90. The Bertz CT molecular complexity index is 1090. The van der Waals surface area contributed by atoms with Crippen LogP contribution in [0.4, 0.5) is 0 Å². The summed E-state index contributed by atoms with van der Waals surface area (Å²) in [5, 5.41) is 0. The average molecular weight is 378 g/mol. The monoisotopic (exact) mass is 378 g/mol. The van der Waals surface area contributed by atoms with Crippen molar-refractivity contribution >= 4 is 16.9 Å². The number of rotatable bonds is 3. The van der Waals surface area contributed by atoms with Gasteiger partial charge in [-0.15, -0.1) is 0 Å². The van der Waals surface area contributed by atoms with Crippen LogP contribution in [0.25, 0.3) is 11.0 Å². The third kappa shape index (κ3) is 3.35. The van der Waals surface area contributed by atoms with Crippen molar-refractivity contribution < 1.29 is 4.79 Å². The number of hydrogen-bond acceptors (Lipinski definition) is 3. The molecule has 1 aliphatic heterocycles. The molecular weight excluding hydrogens is 352 g/mol. The molecule has 4 rings (SSSR count). The smallest absolute Gasteiger partial charge is 0.263 e. The van der Waals surface area contributed by atoms with Crippen molar-refractivity contribution in [1.82, 2.24) is 19.0 Å². The molecular formula is C22H26N4O2. The predicted molar refractivity (Wildman–Crippen MR) is 110 cm³/mol. The fourth-order valence-electron chi connectivity index (χ4n) is 3.99. The van der Waals surface area contributed by atoms with Gasteiger partial charge in [-0.3, -0.25) is 9.59 Å². The molecule has 1 saturated heterocycles. The Kier molecular flexibility index (Phi) is 4.79. The zero-order valence-corrected chi connectivity index (χ0v) is 16.7. The first kappa shape index (κ1) is 18.5. The number of hydrogen-bond donors (Lipinski definition) is 0. The largest absolute Gasteiger partial charge is 0.338 e. The van der Waals surface area contributed by atoms with E-state index < -0.39 is 0 Å². The van der Waals surface area contributed by atoms with Crippen molar-refractivity contribution in [3.63, 3.8) is 0 Å². The maximum absolute atomic E-state index is 12.7. The van der Waals surface area contributed by atoms with Gasteiger partial charge < -0.3 is 14.0 Å². The van der Waals surface area contributed by atoms with E-state index in [1.54, 1.807) is 25.4 Å². The van der Waals surface area contributed by atoms with Gasteiger partial charge in [-0.1, -0.05) is 0 Å². The number of carbonyl (C=O) groups excluding carboxylic acids is 1. The molecule has 3 aromatic rings. The lowest BCUT2D eigenvalue weighted by molar-refractivity contribution is 0.0681. The summed E-state index contributed by atoms with van der Waals surface area (Å²) in [7, 11) is 1.67. The molecule has 1 amide bonds. The van der Waals surface area contributed by atoms with Crippen LogP contribution in [0.3, 0.4) is 0 Å². The molecule has 6 nitrogen and oxygen atoms in total. The van der Waals surface area contributed by atoms with E-state index in [1.807, 2.05) is 11.2 Å². The number of nitrogens with zero attached hydrogens (tertiary/aromatic N) is 4. The maximum Gasteiger partial charge on any atom is 0.263 e. The Morgan fingerprint density at radius 1 is 1.18 bits per heavy atom. The molecule has 1 fully saturated rings. The van der Waals surface area contributed by atoms with Crippen LogP contribution in [0, 0.1) is 19.8 Å². The number of likely N-dealkylation sites (tertiary alicyclic amines) is 1. The molecule has 0 aliphatic carbocycles. The molecule has 28 heavy (non-hydrogen) atoms. The highest BCUT2D eigenvalue weighted by Gasteiger charge is 2.25. The average Bonchev–Trinajstić information content (AvgIpc) is 3.06. The number of imidazole rings is 1. The third-order valence-corrected chi connectivity index (χ3v) is 5.95. The molecule has 0 spiro atoms. The minimum Gasteiger partial charge on any atom is -0.338 e. The van der Waals surface area contributed by atoms with Crippen LogP contribution in [0.1, 0.15) is 34.3 Å². The molecule has 3 heterocycles. The Hall–Kier alpha value is -2.89. The van der Waals surface area contributed by atoms with E-state index in [9.17, 15) is 9.59 Å². The van der Waals surface area contributed by atoms with Gasteiger partial charge in [-0.25, -0.2) is 4.98 Å². The zero-order chi connectivity index (χ0) is 19.8. The predicted octanol–water partition coefficient (Wildman–Crippen LogP) is 2.90. The topological polar surface area (TPSA) is 60.1 Å². The zero-order valence-electron chi connectivity index (χ0n) is 16.7. The number of amides is 1. The number of pyridine rings is 1. The minimum atomic E-state index is -0.231. The van der Waals surface area contributed by atoms with Gasteiger partial charge in [-0.05, 0) is 68.0 Å². The number of piperidine rings is 1. The number of carbonyl (C=O) groups is 1. The maximum atomic E-state index is 12.7. The van der Waals surface area contributed by atoms with Gasteiger partial charge in [0.2, 0.25) is 0 Å². The van der Waals surface area contributed by atoms with E-state index in [0.29, 0.717) is 19.0 Å². The number of fused-ring (bicyclic) bond motifs is 1. The summed E-state index contributed by atoms with van der Waals surface area (Å²) in [5.74, 6) is 0.348. The van der Waals surface area contributed by atoms with E-state index in [0.717, 1.165) is 24.9 Å². The van der Waals surface area contributed by atoms with Crippen LogP contribution >= 0.6 is 0 Å². The lowest BCUT2D eigenvalue weighted by atomic mass is 9.96. The van der Waals surface area contributed by atoms with Crippen LogP contribution in [0.5, 0.6) is 0 Å². The normalized spacial score (nSPS) is 15.3. The molecule has 0 unspecified atom stereocenters. The van der Waals surface area contributed by atoms with Gasteiger partial charge in [-0.2, -0.15) is 0 Å². The van der Waals surface area contributed by atoms with Crippen LogP contribution in [-0.4, -0.2) is 38.0 Å². The van der Waals surface area contributed by atoms with E-state index >= 15 is 0 Å². The number of aromatic nitrogens is 3. The molecule has 0 saturated carbocycles. The SMILES string of the molecule is Cc1cc2ncn(CC3CCN(C(=O)c4cccn(C)c4=O)CC3)c2cc1C. The van der Waals surface area contributed by atoms with Crippen molar-refractivity contribution in [1.29, 1.82) is 0 Å². The Labute approximate surface area is 164 Å². The van der Waals surface area contributed by atoms with Crippen LogP contribution in [-0.2, 0) is 13.6 Å². The van der Waals surface area contributed by atoms with Crippen LogP contribution in [0.2, 0.25) is 0 Å². The van der Waals surface area contributed by atoms with Crippen molar-refractivity contribution in [2.24, 2.45) is 13.0 Å². The molecule has 2 aromatic heterocycles. The Balaban J connectivity index is 1.43. The summed E-state index contributed by atoms with van der Waals surface area (Å²) >= 11 is 0. The van der Waals surface area contributed by atoms with Gasteiger partial charge in [0.05, 0.1) is 17.4 Å². The molecule has 0 bridgehead atoms. The highest BCUT2D eigenvalue weighted by molar-refractivity contribution is 5.93. The molecule has 1 aliphatic rings. The summed E-state index contributed by atoms with van der Waals surface area (Å²) < 4.78 is 3.69. The Morgan fingerprint density at radius 3 is 2.64 bits per heavy atom. The second-order valence-corrected chi connectivity index (χ2v) is 7.90.